The molecule has 9 heteroatoms. The van der Waals surface area contributed by atoms with E-state index in [4.69, 9.17) is 19.4 Å². The van der Waals surface area contributed by atoms with Crippen LogP contribution in [0.5, 0.6) is 11.5 Å². The minimum atomic E-state index is 0.182. The van der Waals surface area contributed by atoms with Gasteiger partial charge in [-0.3, -0.25) is 4.79 Å². The highest BCUT2D eigenvalue weighted by Crippen LogP contribution is 2.37. The fraction of sp³-hybridized carbons (Fsp3) is 0.393. The minimum Gasteiger partial charge on any atom is -0.486 e. The number of aromatic nitrogens is 3. The number of thiazole rings is 1. The second kappa shape index (κ2) is 10.4. The number of rotatable bonds is 6. The summed E-state index contributed by atoms with van der Waals surface area (Å²) in [5, 5.41) is 4.18. The lowest BCUT2D eigenvalue weighted by Gasteiger charge is -2.31. The van der Waals surface area contributed by atoms with Crippen LogP contribution in [-0.4, -0.2) is 57.4 Å². The number of para-hydroxylation sites is 2. The summed E-state index contributed by atoms with van der Waals surface area (Å²) in [4.78, 5) is 24.8. The molecule has 0 aliphatic carbocycles. The first-order chi connectivity index (χ1) is 18.1. The van der Waals surface area contributed by atoms with Crippen LogP contribution in [0, 0.1) is 0 Å². The predicted molar refractivity (Wildman–Crippen MR) is 148 cm³/mol. The lowest BCUT2D eigenvalue weighted by atomic mass is 9.97. The van der Waals surface area contributed by atoms with Crippen LogP contribution >= 0.6 is 23.1 Å². The molecule has 0 spiro atoms. The zero-order valence-corrected chi connectivity index (χ0v) is 22.7. The summed E-state index contributed by atoms with van der Waals surface area (Å²) in [6, 6.07) is 14.5. The molecule has 1 saturated heterocycles. The van der Waals surface area contributed by atoms with E-state index in [-0.39, 0.29) is 11.9 Å². The lowest BCUT2D eigenvalue weighted by molar-refractivity contribution is -0.129. The Labute approximate surface area is 224 Å². The maximum Gasteiger partial charge on any atom is 0.233 e. The Morgan fingerprint density at radius 1 is 1.08 bits per heavy atom. The molecule has 2 aliphatic rings. The van der Waals surface area contributed by atoms with E-state index in [1.165, 1.54) is 0 Å². The minimum absolute atomic E-state index is 0.182. The first-order valence-corrected chi connectivity index (χ1v) is 14.7. The number of carbonyl (C=O) groups excluding carboxylic acids is 1. The third-order valence-electron chi connectivity index (χ3n) is 6.96. The quantitative estimate of drug-likeness (QED) is 0.282. The number of fused-ring (bicyclic) bond motifs is 2. The molecule has 7 nitrogen and oxygen atoms in total. The summed E-state index contributed by atoms with van der Waals surface area (Å²) in [7, 11) is 0. The molecule has 0 unspecified atom stereocenters. The maximum absolute atomic E-state index is 13.1. The van der Waals surface area contributed by atoms with Crippen LogP contribution in [0.4, 0.5) is 0 Å². The van der Waals surface area contributed by atoms with Gasteiger partial charge >= 0.3 is 0 Å². The van der Waals surface area contributed by atoms with Crippen LogP contribution in [0.15, 0.2) is 53.0 Å². The molecule has 2 aromatic heterocycles. The lowest BCUT2D eigenvalue weighted by Crippen LogP contribution is -2.39. The van der Waals surface area contributed by atoms with Gasteiger partial charge in [0.1, 0.15) is 13.2 Å². The highest BCUT2D eigenvalue weighted by molar-refractivity contribution is 7.99. The van der Waals surface area contributed by atoms with E-state index in [0.717, 1.165) is 69.9 Å². The maximum atomic E-state index is 13.1. The summed E-state index contributed by atoms with van der Waals surface area (Å²) < 4.78 is 13.6. The molecule has 4 aromatic rings. The Kier molecular flexibility index (Phi) is 6.82. The average Bonchev–Trinajstić information content (AvgIpc) is 3.57. The standard InChI is InChI=1S/C28H30N4O3S2/c1-18(2)32-23-6-4-3-5-21(23)30-28(32)37-17-26(33)31-11-9-19(10-12-31)27-29-22(16-36-27)20-7-8-24-25(15-20)35-14-13-34-24/h3-8,15-16,18-19H,9-14,17H2,1-2H3. The van der Waals surface area contributed by atoms with Gasteiger partial charge in [-0.25, -0.2) is 9.97 Å². The van der Waals surface area contributed by atoms with Crippen molar-refractivity contribution >= 4 is 40.0 Å². The molecule has 0 radical (unpaired) electrons. The van der Waals surface area contributed by atoms with Gasteiger partial charge < -0.3 is 18.9 Å². The number of thioether (sulfide) groups is 1. The Hall–Kier alpha value is -3.04. The fourth-order valence-corrected chi connectivity index (χ4v) is 7.07. The summed E-state index contributed by atoms with van der Waals surface area (Å²) in [6.45, 7) is 7.01. The molecular weight excluding hydrogens is 504 g/mol. The van der Waals surface area contributed by atoms with Gasteiger partial charge in [-0.1, -0.05) is 23.9 Å². The van der Waals surface area contributed by atoms with E-state index < -0.39 is 0 Å². The van der Waals surface area contributed by atoms with Gasteiger partial charge in [0.2, 0.25) is 5.91 Å². The molecule has 0 bridgehead atoms. The fourth-order valence-electron chi connectivity index (χ4n) is 5.03. The summed E-state index contributed by atoms with van der Waals surface area (Å²) >= 11 is 3.25. The second-order valence-electron chi connectivity index (χ2n) is 9.72. The van der Waals surface area contributed by atoms with Crippen molar-refractivity contribution < 1.29 is 14.3 Å². The van der Waals surface area contributed by atoms with Crippen molar-refractivity contribution in [3.8, 4) is 22.8 Å². The first kappa shape index (κ1) is 24.3. The number of nitrogens with zero attached hydrogens (tertiary/aromatic N) is 4. The van der Waals surface area contributed by atoms with Gasteiger partial charge in [0.05, 0.1) is 27.5 Å². The molecule has 2 aromatic carbocycles. The van der Waals surface area contributed by atoms with Crippen LogP contribution in [0.25, 0.3) is 22.3 Å². The van der Waals surface area contributed by atoms with Gasteiger partial charge in [-0.2, -0.15) is 0 Å². The SMILES string of the molecule is CC(C)n1c(SCC(=O)N2CCC(c3nc(-c4ccc5c(c4)OCCO5)cs3)CC2)nc2ccccc21. The zero-order valence-electron chi connectivity index (χ0n) is 21.1. The molecule has 2 aliphatic heterocycles. The second-order valence-corrected chi connectivity index (χ2v) is 11.6. The Morgan fingerprint density at radius 3 is 2.68 bits per heavy atom. The molecular formula is C28H30N4O3S2. The highest BCUT2D eigenvalue weighted by atomic mass is 32.2. The molecule has 6 rings (SSSR count). The van der Waals surface area contributed by atoms with Gasteiger partial charge in [0.25, 0.3) is 0 Å². The van der Waals surface area contributed by atoms with Crippen LogP contribution in [-0.2, 0) is 4.79 Å². The number of ether oxygens (including phenoxy) is 2. The number of hydrogen-bond donors (Lipinski definition) is 0. The number of hydrogen-bond acceptors (Lipinski definition) is 7. The Morgan fingerprint density at radius 2 is 1.86 bits per heavy atom. The van der Waals surface area contributed by atoms with Gasteiger partial charge in [0, 0.05) is 36.0 Å². The Bertz CT molecular complexity index is 1420. The number of amides is 1. The zero-order chi connectivity index (χ0) is 25.4. The van der Waals surface area contributed by atoms with Crippen LogP contribution in [0.3, 0.4) is 0 Å². The van der Waals surface area contributed by atoms with Crippen molar-refractivity contribution in [1.82, 2.24) is 19.4 Å². The number of piperidine rings is 1. The number of imidazole rings is 1. The highest BCUT2D eigenvalue weighted by Gasteiger charge is 2.26. The van der Waals surface area contributed by atoms with Crippen molar-refractivity contribution in [2.45, 2.75) is 43.8 Å². The van der Waals surface area contributed by atoms with Crippen molar-refractivity contribution in [3.05, 3.63) is 52.9 Å². The topological polar surface area (TPSA) is 69.5 Å². The molecule has 0 saturated carbocycles. The third kappa shape index (κ3) is 4.94. The van der Waals surface area contributed by atoms with Gasteiger partial charge in [-0.15, -0.1) is 11.3 Å². The largest absolute Gasteiger partial charge is 0.486 e. The van der Waals surface area contributed by atoms with E-state index in [2.05, 4.69) is 29.9 Å². The van der Waals surface area contributed by atoms with E-state index in [9.17, 15) is 4.79 Å². The normalized spacial score (nSPS) is 16.0. The number of carbonyl (C=O) groups is 1. The van der Waals surface area contributed by atoms with Crippen molar-refractivity contribution in [2.75, 3.05) is 32.1 Å². The van der Waals surface area contributed by atoms with Gasteiger partial charge in [0.15, 0.2) is 16.7 Å². The number of likely N-dealkylation sites (tertiary alicyclic amines) is 1. The van der Waals surface area contributed by atoms with Gasteiger partial charge in [-0.05, 0) is 57.0 Å². The molecule has 0 atom stereocenters. The Balaban J connectivity index is 1.06. The molecule has 1 fully saturated rings. The number of benzene rings is 2. The van der Waals surface area contributed by atoms with E-state index in [0.29, 0.717) is 24.9 Å². The smallest absolute Gasteiger partial charge is 0.233 e. The third-order valence-corrected chi connectivity index (χ3v) is 8.91. The van der Waals surface area contributed by atoms with Crippen LogP contribution < -0.4 is 9.47 Å². The molecule has 192 valence electrons. The van der Waals surface area contributed by atoms with Crippen molar-refractivity contribution in [3.63, 3.8) is 0 Å². The molecule has 37 heavy (non-hydrogen) atoms. The first-order valence-electron chi connectivity index (χ1n) is 12.8. The summed E-state index contributed by atoms with van der Waals surface area (Å²) in [5.74, 6) is 2.56. The van der Waals surface area contributed by atoms with Crippen molar-refractivity contribution in [1.29, 1.82) is 0 Å². The van der Waals surface area contributed by atoms with Crippen LogP contribution in [0.2, 0.25) is 0 Å². The van der Waals surface area contributed by atoms with E-state index >= 15 is 0 Å². The van der Waals surface area contributed by atoms with E-state index in [1.54, 1.807) is 23.1 Å². The molecule has 0 N–H and O–H groups in total. The predicted octanol–water partition coefficient (Wildman–Crippen LogP) is 6.01. The summed E-state index contributed by atoms with van der Waals surface area (Å²) in [6.07, 6.45) is 1.88. The van der Waals surface area contributed by atoms with E-state index in [1.807, 2.05) is 41.3 Å². The van der Waals surface area contributed by atoms with Crippen LogP contribution in [0.1, 0.15) is 43.7 Å². The summed E-state index contributed by atoms with van der Waals surface area (Å²) in [5.41, 5.74) is 4.11. The molecule has 4 heterocycles. The van der Waals surface area contributed by atoms with Crippen molar-refractivity contribution in [2.24, 2.45) is 0 Å². The molecule has 1 amide bonds. The average molecular weight is 535 g/mol. The monoisotopic (exact) mass is 534 g/mol.